The molecule has 0 heterocycles. The number of carbonyl (C=O) groups is 1. The van der Waals surface area contributed by atoms with Gasteiger partial charge in [0.25, 0.3) is 0 Å². The number of amides is 1. The van der Waals surface area contributed by atoms with Crippen LogP contribution in [0.1, 0.15) is 124 Å². The van der Waals surface area contributed by atoms with E-state index in [-0.39, 0.29) is 5.91 Å². The normalized spacial score (nSPS) is 11.4. The van der Waals surface area contributed by atoms with E-state index >= 15 is 0 Å². The van der Waals surface area contributed by atoms with Crippen molar-refractivity contribution in [3.05, 3.63) is 0 Å². The lowest BCUT2D eigenvalue weighted by Crippen LogP contribution is -2.26. The van der Waals surface area contributed by atoms with Crippen LogP contribution < -0.4 is 5.32 Å². The third-order valence-electron chi connectivity index (χ3n) is 4.89. The average molecular weight is 354 g/mol. The lowest BCUT2D eigenvalue weighted by molar-refractivity contribution is -0.121. The maximum Gasteiger partial charge on any atom is 0.220 e. The van der Waals surface area contributed by atoms with Gasteiger partial charge in [-0.1, -0.05) is 111 Å². The van der Waals surface area contributed by atoms with Gasteiger partial charge in [-0.15, -0.1) is 0 Å². The summed E-state index contributed by atoms with van der Waals surface area (Å²) in [4.78, 5) is 11.6. The zero-order valence-corrected chi connectivity index (χ0v) is 17.9. The quantitative estimate of drug-likeness (QED) is 0.258. The highest BCUT2D eigenvalue weighted by molar-refractivity contribution is 5.75. The molecule has 0 saturated carbocycles. The summed E-state index contributed by atoms with van der Waals surface area (Å²) < 4.78 is 0. The van der Waals surface area contributed by atoms with E-state index in [0.717, 1.165) is 18.9 Å². The van der Waals surface area contributed by atoms with E-state index in [0.29, 0.717) is 12.3 Å². The van der Waals surface area contributed by atoms with Crippen molar-refractivity contribution in [3.63, 3.8) is 0 Å². The molecule has 0 aromatic carbocycles. The molecule has 0 spiro atoms. The number of nitrogens with one attached hydrogen (secondary N) is 1. The van der Waals surface area contributed by atoms with Crippen LogP contribution in [0, 0.1) is 11.8 Å². The first kappa shape index (κ1) is 24.5. The fourth-order valence-corrected chi connectivity index (χ4v) is 3.19. The summed E-state index contributed by atoms with van der Waals surface area (Å²) in [6.07, 6.45) is 19.9. The van der Waals surface area contributed by atoms with Gasteiger partial charge in [0.1, 0.15) is 0 Å². The van der Waals surface area contributed by atoms with Crippen LogP contribution in [0.5, 0.6) is 0 Å². The molecular formula is C23H47NO. The summed E-state index contributed by atoms with van der Waals surface area (Å²) in [5, 5.41) is 2.99. The number of hydrogen-bond donors (Lipinski definition) is 1. The predicted molar refractivity (Wildman–Crippen MR) is 112 cm³/mol. The molecule has 1 amide bonds. The Morgan fingerprint density at radius 2 is 1.00 bits per heavy atom. The lowest BCUT2D eigenvalue weighted by atomic mass is 10.0. The van der Waals surface area contributed by atoms with Crippen molar-refractivity contribution in [2.45, 2.75) is 124 Å². The topological polar surface area (TPSA) is 29.1 Å². The zero-order valence-electron chi connectivity index (χ0n) is 17.9. The molecule has 0 radical (unpaired) electrons. The fraction of sp³-hybridized carbons (Fsp3) is 0.957. The molecule has 0 bridgehead atoms. The number of unbranched alkanes of at least 4 members (excludes halogenated alkanes) is 12. The Morgan fingerprint density at radius 1 is 0.600 bits per heavy atom. The van der Waals surface area contributed by atoms with E-state index in [1.54, 1.807) is 0 Å². The molecule has 25 heavy (non-hydrogen) atoms. The van der Waals surface area contributed by atoms with Crippen LogP contribution in [0.25, 0.3) is 0 Å². The highest BCUT2D eigenvalue weighted by atomic mass is 16.1. The number of carbonyl (C=O) groups excluding carboxylic acids is 1. The van der Waals surface area contributed by atoms with Crippen molar-refractivity contribution < 1.29 is 4.79 Å². The van der Waals surface area contributed by atoms with E-state index in [2.05, 4.69) is 33.0 Å². The highest BCUT2D eigenvalue weighted by Crippen LogP contribution is 2.14. The van der Waals surface area contributed by atoms with Crippen LogP contribution in [-0.2, 0) is 4.79 Å². The van der Waals surface area contributed by atoms with Gasteiger partial charge in [-0.05, 0) is 18.3 Å². The predicted octanol–water partition coefficient (Wildman–Crippen LogP) is 7.27. The Balaban J connectivity index is 3.10. The second-order valence-electron chi connectivity index (χ2n) is 8.73. The van der Waals surface area contributed by atoms with Crippen molar-refractivity contribution in [1.82, 2.24) is 5.32 Å². The van der Waals surface area contributed by atoms with E-state index in [1.807, 2.05) is 0 Å². The van der Waals surface area contributed by atoms with Gasteiger partial charge in [0, 0.05) is 13.0 Å². The third-order valence-corrected chi connectivity index (χ3v) is 4.89. The molecule has 2 nitrogen and oxygen atoms in total. The molecule has 0 aromatic rings. The minimum absolute atomic E-state index is 0.234. The average Bonchev–Trinajstić information content (AvgIpc) is 2.56. The van der Waals surface area contributed by atoms with Gasteiger partial charge in [-0.2, -0.15) is 0 Å². The minimum atomic E-state index is 0.234. The Labute approximate surface area is 158 Å². The first-order valence-electron chi connectivity index (χ1n) is 11.3. The van der Waals surface area contributed by atoms with Crippen molar-refractivity contribution in [1.29, 1.82) is 0 Å². The largest absolute Gasteiger partial charge is 0.356 e. The Kier molecular flexibility index (Phi) is 17.9. The highest BCUT2D eigenvalue weighted by Gasteiger charge is 2.02. The van der Waals surface area contributed by atoms with Crippen molar-refractivity contribution >= 4 is 5.91 Å². The maximum atomic E-state index is 11.6. The first-order chi connectivity index (χ1) is 12.0. The summed E-state index contributed by atoms with van der Waals surface area (Å²) in [5.41, 5.74) is 0. The molecule has 0 aliphatic heterocycles. The standard InChI is InChI=1S/C23H47NO/c1-21(2)18-16-14-12-10-8-6-5-7-9-11-13-15-17-19-23(25)24-20-22(3)4/h21-22H,5-20H2,1-4H3,(H,24,25). The summed E-state index contributed by atoms with van der Waals surface area (Å²) in [6.45, 7) is 9.73. The molecule has 2 heteroatoms. The molecule has 0 saturated heterocycles. The number of hydrogen-bond acceptors (Lipinski definition) is 1. The van der Waals surface area contributed by atoms with Crippen LogP contribution in [-0.4, -0.2) is 12.5 Å². The Morgan fingerprint density at radius 3 is 1.40 bits per heavy atom. The Bertz CT molecular complexity index is 286. The van der Waals surface area contributed by atoms with E-state index in [9.17, 15) is 4.79 Å². The van der Waals surface area contributed by atoms with Crippen LogP contribution >= 0.6 is 0 Å². The Hall–Kier alpha value is -0.530. The molecule has 150 valence electrons. The van der Waals surface area contributed by atoms with E-state index < -0.39 is 0 Å². The minimum Gasteiger partial charge on any atom is -0.356 e. The SMILES string of the molecule is CC(C)CCCCCCCCCCCCCCCC(=O)NCC(C)C. The summed E-state index contributed by atoms with van der Waals surface area (Å²) in [6, 6.07) is 0. The van der Waals surface area contributed by atoms with E-state index in [1.165, 1.54) is 83.5 Å². The lowest BCUT2D eigenvalue weighted by Gasteiger charge is -2.07. The monoisotopic (exact) mass is 353 g/mol. The van der Waals surface area contributed by atoms with Gasteiger partial charge in [0.2, 0.25) is 5.91 Å². The molecule has 0 unspecified atom stereocenters. The van der Waals surface area contributed by atoms with Crippen LogP contribution in [0.2, 0.25) is 0 Å². The van der Waals surface area contributed by atoms with Gasteiger partial charge in [0.15, 0.2) is 0 Å². The third kappa shape index (κ3) is 21.4. The van der Waals surface area contributed by atoms with Crippen LogP contribution in [0.3, 0.4) is 0 Å². The first-order valence-corrected chi connectivity index (χ1v) is 11.3. The molecule has 0 rings (SSSR count). The van der Waals surface area contributed by atoms with Gasteiger partial charge in [0.05, 0.1) is 0 Å². The molecule has 0 aliphatic carbocycles. The number of rotatable bonds is 18. The van der Waals surface area contributed by atoms with Gasteiger partial charge in [-0.25, -0.2) is 0 Å². The molecule has 0 aromatic heterocycles. The molecule has 0 fully saturated rings. The van der Waals surface area contributed by atoms with E-state index in [4.69, 9.17) is 0 Å². The second kappa shape index (κ2) is 18.3. The van der Waals surface area contributed by atoms with Gasteiger partial charge < -0.3 is 5.32 Å². The molecule has 1 N–H and O–H groups in total. The summed E-state index contributed by atoms with van der Waals surface area (Å²) >= 11 is 0. The van der Waals surface area contributed by atoms with Crippen molar-refractivity contribution in [2.75, 3.05) is 6.54 Å². The maximum absolute atomic E-state index is 11.6. The van der Waals surface area contributed by atoms with Crippen LogP contribution in [0.15, 0.2) is 0 Å². The molecule has 0 atom stereocenters. The molecular weight excluding hydrogens is 306 g/mol. The molecule has 0 aliphatic rings. The summed E-state index contributed by atoms with van der Waals surface area (Å²) in [7, 11) is 0. The van der Waals surface area contributed by atoms with Crippen molar-refractivity contribution in [3.8, 4) is 0 Å². The smallest absolute Gasteiger partial charge is 0.220 e. The zero-order chi connectivity index (χ0) is 18.8. The second-order valence-corrected chi connectivity index (χ2v) is 8.73. The summed E-state index contributed by atoms with van der Waals surface area (Å²) in [5.74, 6) is 1.66. The van der Waals surface area contributed by atoms with Gasteiger partial charge in [-0.3, -0.25) is 4.79 Å². The van der Waals surface area contributed by atoms with Crippen molar-refractivity contribution in [2.24, 2.45) is 11.8 Å². The van der Waals surface area contributed by atoms with Crippen LogP contribution in [0.4, 0.5) is 0 Å². The fourth-order valence-electron chi connectivity index (χ4n) is 3.19. The van der Waals surface area contributed by atoms with Gasteiger partial charge >= 0.3 is 0 Å².